The van der Waals surface area contributed by atoms with E-state index in [1.807, 2.05) is 11.6 Å². The van der Waals surface area contributed by atoms with E-state index < -0.39 is 0 Å². The summed E-state index contributed by atoms with van der Waals surface area (Å²) in [6, 6.07) is 0. The average molecular weight is 183 g/mol. The van der Waals surface area contributed by atoms with Crippen molar-refractivity contribution in [3.63, 3.8) is 0 Å². The van der Waals surface area contributed by atoms with E-state index in [-0.39, 0.29) is 0 Å². The third kappa shape index (κ3) is 2.03. The molecule has 1 saturated heterocycles. The Labute approximate surface area is 76.2 Å². The predicted molar refractivity (Wildman–Crippen MR) is 50.2 cm³/mol. The van der Waals surface area contributed by atoms with Crippen molar-refractivity contribution in [3.05, 3.63) is 16.6 Å². The van der Waals surface area contributed by atoms with Gasteiger partial charge in [-0.25, -0.2) is 4.98 Å². The zero-order chi connectivity index (χ0) is 8.23. The standard InChI is InChI=1S/C8H13N3S/c1-2-12-8(11-1)6-10-5-7-3-9-4-7/h1-2,7,9-10H,3-6H2. The maximum Gasteiger partial charge on any atom is 0.106 e. The number of nitrogens with one attached hydrogen (secondary N) is 2. The molecule has 2 N–H and O–H groups in total. The molecule has 0 spiro atoms. The van der Waals surface area contributed by atoms with E-state index in [1.54, 1.807) is 11.3 Å². The lowest BCUT2D eigenvalue weighted by molar-refractivity contribution is 0.331. The van der Waals surface area contributed by atoms with Crippen LogP contribution in [0.5, 0.6) is 0 Å². The first-order valence-corrected chi connectivity index (χ1v) is 5.13. The van der Waals surface area contributed by atoms with Gasteiger partial charge in [0.05, 0.1) is 0 Å². The summed E-state index contributed by atoms with van der Waals surface area (Å²) in [6.45, 7) is 4.39. The molecule has 0 radical (unpaired) electrons. The maximum atomic E-state index is 4.20. The fourth-order valence-corrected chi connectivity index (χ4v) is 1.80. The Morgan fingerprint density at radius 2 is 2.58 bits per heavy atom. The Hall–Kier alpha value is -0.450. The molecule has 0 unspecified atom stereocenters. The normalized spacial score (nSPS) is 17.7. The van der Waals surface area contributed by atoms with Crippen LogP contribution < -0.4 is 10.6 Å². The average Bonchev–Trinajstić information content (AvgIpc) is 2.46. The molecular formula is C8H13N3S. The summed E-state index contributed by atoms with van der Waals surface area (Å²) in [7, 11) is 0. The van der Waals surface area contributed by atoms with Crippen LogP contribution in [0.2, 0.25) is 0 Å². The van der Waals surface area contributed by atoms with Crippen molar-refractivity contribution in [2.45, 2.75) is 6.54 Å². The largest absolute Gasteiger partial charge is 0.316 e. The summed E-state index contributed by atoms with van der Waals surface area (Å²) in [5.41, 5.74) is 0. The van der Waals surface area contributed by atoms with Gasteiger partial charge in [-0.2, -0.15) is 0 Å². The molecule has 0 amide bonds. The first kappa shape index (κ1) is 8.16. The number of nitrogens with zero attached hydrogens (tertiary/aromatic N) is 1. The summed E-state index contributed by atoms with van der Waals surface area (Å²) in [5, 5.41) is 9.85. The van der Waals surface area contributed by atoms with Crippen molar-refractivity contribution in [2.24, 2.45) is 5.92 Å². The minimum absolute atomic E-state index is 0.838. The predicted octanol–water partition coefficient (Wildman–Crippen LogP) is 0.452. The second kappa shape index (κ2) is 3.98. The molecule has 1 aliphatic heterocycles. The highest BCUT2D eigenvalue weighted by Crippen LogP contribution is 2.04. The van der Waals surface area contributed by atoms with E-state index in [9.17, 15) is 0 Å². The molecule has 0 bridgehead atoms. The molecule has 2 rings (SSSR count). The molecule has 1 aromatic heterocycles. The first-order valence-electron chi connectivity index (χ1n) is 4.25. The molecule has 1 aliphatic rings. The Bertz CT molecular complexity index is 218. The molecule has 0 saturated carbocycles. The summed E-state index contributed by atoms with van der Waals surface area (Å²) in [6.07, 6.45) is 1.85. The van der Waals surface area contributed by atoms with Crippen molar-refractivity contribution < 1.29 is 0 Å². The summed E-state index contributed by atoms with van der Waals surface area (Å²) in [5.74, 6) is 0.838. The quantitative estimate of drug-likeness (QED) is 0.712. The third-order valence-electron chi connectivity index (χ3n) is 2.06. The van der Waals surface area contributed by atoms with Gasteiger partial charge < -0.3 is 10.6 Å². The molecule has 3 nitrogen and oxygen atoms in total. The van der Waals surface area contributed by atoms with Gasteiger partial charge in [0.1, 0.15) is 5.01 Å². The molecule has 12 heavy (non-hydrogen) atoms. The molecule has 4 heteroatoms. The Morgan fingerprint density at radius 3 is 3.17 bits per heavy atom. The van der Waals surface area contributed by atoms with Gasteiger partial charge in [-0.1, -0.05) is 0 Å². The number of hydrogen-bond donors (Lipinski definition) is 2. The Morgan fingerprint density at radius 1 is 1.67 bits per heavy atom. The lowest BCUT2D eigenvalue weighted by Gasteiger charge is -2.26. The van der Waals surface area contributed by atoms with Crippen molar-refractivity contribution >= 4 is 11.3 Å². The molecule has 0 aliphatic carbocycles. The van der Waals surface area contributed by atoms with Crippen LogP contribution in [-0.2, 0) is 6.54 Å². The number of hydrogen-bond acceptors (Lipinski definition) is 4. The van der Waals surface area contributed by atoms with E-state index >= 15 is 0 Å². The highest BCUT2D eigenvalue weighted by molar-refractivity contribution is 7.09. The van der Waals surface area contributed by atoms with Gasteiger partial charge in [0.2, 0.25) is 0 Å². The van der Waals surface area contributed by atoms with E-state index in [0.717, 1.165) is 19.0 Å². The SMILES string of the molecule is c1csc(CNCC2CNC2)n1. The summed E-state index contributed by atoms with van der Waals surface area (Å²) >= 11 is 1.71. The van der Waals surface area contributed by atoms with Crippen molar-refractivity contribution in [1.82, 2.24) is 15.6 Å². The molecule has 0 atom stereocenters. The van der Waals surface area contributed by atoms with Gasteiger partial charge >= 0.3 is 0 Å². The minimum Gasteiger partial charge on any atom is -0.316 e. The molecule has 1 aromatic rings. The van der Waals surface area contributed by atoms with Gasteiger partial charge in [0, 0.05) is 37.8 Å². The molecule has 1 fully saturated rings. The second-order valence-electron chi connectivity index (χ2n) is 3.08. The van der Waals surface area contributed by atoms with E-state index in [0.29, 0.717) is 0 Å². The van der Waals surface area contributed by atoms with Gasteiger partial charge in [-0.15, -0.1) is 11.3 Å². The highest BCUT2D eigenvalue weighted by Gasteiger charge is 2.15. The van der Waals surface area contributed by atoms with Crippen LogP contribution in [0.1, 0.15) is 5.01 Å². The van der Waals surface area contributed by atoms with E-state index in [4.69, 9.17) is 0 Å². The number of aromatic nitrogens is 1. The Kier molecular flexibility index (Phi) is 2.71. The van der Waals surface area contributed by atoms with Crippen LogP contribution in [-0.4, -0.2) is 24.6 Å². The van der Waals surface area contributed by atoms with Crippen molar-refractivity contribution in [3.8, 4) is 0 Å². The molecule has 0 aromatic carbocycles. The minimum atomic E-state index is 0.838. The fraction of sp³-hybridized carbons (Fsp3) is 0.625. The first-order chi connectivity index (χ1) is 5.95. The van der Waals surface area contributed by atoms with Gasteiger partial charge in [-0.3, -0.25) is 0 Å². The highest BCUT2D eigenvalue weighted by atomic mass is 32.1. The van der Waals surface area contributed by atoms with Crippen LogP contribution >= 0.6 is 11.3 Å². The Balaban J connectivity index is 1.62. The summed E-state index contributed by atoms with van der Waals surface area (Å²) in [4.78, 5) is 4.20. The van der Waals surface area contributed by atoms with E-state index in [1.165, 1.54) is 18.1 Å². The zero-order valence-electron chi connectivity index (χ0n) is 6.92. The lowest BCUT2D eigenvalue weighted by atomic mass is 10.0. The van der Waals surface area contributed by atoms with Crippen LogP contribution in [0, 0.1) is 5.92 Å². The molecule has 2 heterocycles. The van der Waals surface area contributed by atoms with Gasteiger partial charge in [0.15, 0.2) is 0 Å². The molecule has 66 valence electrons. The number of thiazole rings is 1. The van der Waals surface area contributed by atoms with Crippen molar-refractivity contribution in [1.29, 1.82) is 0 Å². The zero-order valence-corrected chi connectivity index (χ0v) is 7.73. The lowest BCUT2D eigenvalue weighted by Crippen LogP contribution is -2.47. The smallest absolute Gasteiger partial charge is 0.106 e. The van der Waals surface area contributed by atoms with E-state index in [2.05, 4.69) is 15.6 Å². The van der Waals surface area contributed by atoms with Gasteiger partial charge in [0.25, 0.3) is 0 Å². The fourth-order valence-electron chi connectivity index (χ4n) is 1.22. The van der Waals surface area contributed by atoms with Crippen LogP contribution in [0.25, 0.3) is 0 Å². The van der Waals surface area contributed by atoms with Crippen molar-refractivity contribution in [2.75, 3.05) is 19.6 Å². The topological polar surface area (TPSA) is 37.0 Å². The van der Waals surface area contributed by atoms with Crippen LogP contribution in [0.3, 0.4) is 0 Å². The molecular weight excluding hydrogens is 170 g/mol. The summed E-state index contributed by atoms with van der Waals surface area (Å²) < 4.78 is 0. The maximum absolute atomic E-state index is 4.20. The van der Waals surface area contributed by atoms with Gasteiger partial charge in [-0.05, 0) is 5.92 Å². The third-order valence-corrected chi connectivity index (χ3v) is 2.84. The number of rotatable bonds is 4. The van der Waals surface area contributed by atoms with Crippen LogP contribution in [0.4, 0.5) is 0 Å². The monoisotopic (exact) mass is 183 g/mol. The van der Waals surface area contributed by atoms with Crippen LogP contribution in [0.15, 0.2) is 11.6 Å². The second-order valence-corrected chi connectivity index (χ2v) is 4.06.